The fraction of sp³-hybridized carbons (Fsp3) is 0.769. The zero-order valence-corrected chi connectivity index (χ0v) is 11.3. The van der Waals surface area contributed by atoms with Gasteiger partial charge in [-0.1, -0.05) is 6.58 Å². The molecule has 0 saturated carbocycles. The molecule has 2 saturated heterocycles. The molecule has 0 aromatic heterocycles. The highest BCUT2D eigenvalue weighted by molar-refractivity contribution is 5.84. The van der Waals surface area contributed by atoms with Gasteiger partial charge in [-0.15, -0.1) is 0 Å². The molecular formula is C13H22O6. The molecule has 0 aliphatic carbocycles. The van der Waals surface area contributed by atoms with Crippen LogP contribution in [0.3, 0.4) is 0 Å². The molecule has 2 fully saturated rings. The Morgan fingerprint density at radius 1 is 1.21 bits per heavy atom. The second-order valence-electron chi connectivity index (χ2n) is 4.50. The molecule has 0 spiro atoms. The quantitative estimate of drug-likeness (QED) is 0.381. The second-order valence-corrected chi connectivity index (χ2v) is 4.50. The van der Waals surface area contributed by atoms with Gasteiger partial charge >= 0.3 is 5.97 Å². The van der Waals surface area contributed by atoms with Crippen molar-refractivity contribution in [3.05, 3.63) is 12.2 Å². The van der Waals surface area contributed by atoms with Crippen LogP contribution in [0.4, 0.5) is 0 Å². The first-order valence-electron chi connectivity index (χ1n) is 6.37. The van der Waals surface area contributed by atoms with Gasteiger partial charge in [0.1, 0.15) is 12.2 Å². The smallest absolute Gasteiger partial charge is 0.330 e. The van der Waals surface area contributed by atoms with E-state index in [0.29, 0.717) is 12.2 Å². The number of carboxylic acids is 1. The predicted octanol–water partition coefficient (Wildman–Crippen LogP) is 0.854. The summed E-state index contributed by atoms with van der Waals surface area (Å²) in [4.78, 5) is 9.60. The molecule has 0 bridgehead atoms. The minimum absolute atomic E-state index is 0.176. The number of rotatable bonds is 9. The Balaban J connectivity index is 0.000000258. The van der Waals surface area contributed by atoms with Crippen molar-refractivity contribution in [3.63, 3.8) is 0 Å². The van der Waals surface area contributed by atoms with Crippen LogP contribution in [0.25, 0.3) is 0 Å². The van der Waals surface area contributed by atoms with Crippen molar-refractivity contribution in [2.45, 2.75) is 25.6 Å². The summed E-state index contributed by atoms with van der Waals surface area (Å²) in [5.41, 5.74) is 0.176. The van der Waals surface area contributed by atoms with Gasteiger partial charge in [-0.3, -0.25) is 0 Å². The van der Waals surface area contributed by atoms with Crippen LogP contribution in [0, 0.1) is 0 Å². The molecule has 110 valence electrons. The topological polar surface area (TPSA) is 80.8 Å². The van der Waals surface area contributed by atoms with Gasteiger partial charge in [0.05, 0.1) is 26.4 Å². The lowest BCUT2D eigenvalue weighted by molar-refractivity contribution is -0.132. The maximum Gasteiger partial charge on any atom is 0.330 e. The van der Waals surface area contributed by atoms with Crippen LogP contribution in [0.1, 0.15) is 13.3 Å². The van der Waals surface area contributed by atoms with Crippen LogP contribution in [-0.2, 0) is 23.7 Å². The number of aliphatic carboxylic acids is 1. The van der Waals surface area contributed by atoms with Crippen molar-refractivity contribution < 1.29 is 28.8 Å². The fourth-order valence-corrected chi connectivity index (χ4v) is 1.02. The average molecular weight is 274 g/mol. The summed E-state index contributed by atoms with van der Waals surface area (Å²) in [5, 5.41) is 7.89. The summed E-state index contributed by atoms with van der Waals surface area (Å²) in [6, 6.07) is 0. The van der Waals surface area contributed by atoms with E-state index >= 15 is 0 Å². The largest absolute Gasteiger partial charge is 0.478 e. The van der Waals surface area contributed by atoms with Gasteiger partial charge < -0.3 is 24.1 Å². The summed E-state index contributed by atoms with van der Waals surface area (Å²) >= 11 is 0. The van der Waals surface area contributed by atoms with Crippen molar-refractivity contribution in [1.82, 2.24) is 0 Å². The van der Waals surface area contributed by atoms with Crippen LogP contribution >= 0.6 is 0 Å². The zero-order chi connectivity index (χ0) is 14.1. The lowest BCUT2D eigenvalue weighted by Gasteiger charge is -2.02. The van der Waals surface area contributed by atoms with Gasteiger partial charge in [0.25, 0.3) is 0 Å². The molecule has 6 nitrogen and oxygen atoms in total. The van der Waals surface area contributed by atoms with Crippen LogP contribution < -0.4 is 0 Å². The van der Waals surface area contributed by atoms with Gasteiger partial charge in [-0.2, -0.15) is 0 Å². The number of epoxide rings is 2. The Kier molecular flexibility index (Phi) is 7.66. The minimum atomic E-state index is -0.935. The second kappa shape index (κ2) is 9.03. The van der Waals surface area contributed by atoms with Crippen molar-refractivity contribution in [2.75, 3.05) is 39.6 Å². The van der Waals surface area contributed by atoms with E-state index in [1.54, 1.807) is 0 Å². The number of carbonyl (C=O) groups is 1. The van der Waals surface area contributed by atoms with Crippen LogP contribution in [0.2, 0.25) is 0 Å². The van der Waals surface area contributed by atoms with Crippen LogP contribution in [-0.4, -0.2) is 62.9 Å². The summed E-state index contributed by atoms with van der Waals surface area (Å²) in [7, 11) is 0. The Bertz CT molecular complexity index is 255. The average Bonchev–Trinajstić information content (AvgIpc) is 3.23. The third-order valence-electron chi connectivity index (χ3n) is 2.35. The molecule has 2 unspecified atom stereocenters. The molecule has 6 heteroatoms. The number of hydrogen-bond acceptors (Lipinski definition) is 5. The molecule has 0 radical (unpaired) electrons. The molecule has 2 rings (SSSR count). The maximum atomic E-state index is 9.60. The highest BCUT2D eigenvalue weighted by atomic mass is 16.6. The monoisotopic (exact) mass is 274 g/mol. The van der Waals surface area contributed by atoms with Crippen molar-refractivity contribution in [3.8, 4) is 0 Å². The first kappa shape index (κ1) is 16.1. The zero-order valence-electron chi connectivity index (χ0n) is 11.3. The number of hydrogen-bond donors (Lipinski definition) is 1. The first-order chi connectivity index (χ1) is 9.09. The summed E-state index contributed by atoms with van der Waals surface area (Å²) in [6.45, 7) is 9.37. The van der Waals surface area contributed by atoms with Crippen molar-refractivity contribution in [2.24, 2.45) is 0 Å². The van der Waals surface area contributed by atoms with Crippen molar-refractivity contribution in [1.29, 1.82) is 0 Å². The van der Waals surface area contributed by atoms with Gasteiger partial charge in [-0.25, -0.2) is 4.79 Å². The van der Waals surface area contributed by atoms with Gasteiger partial charge in [0, 0.05) is 18.8 Å². The van der Waals surface area contributed by atoms with Crippen LogP contribution in [0.15, 0.2) is 12.2 Å². The molecule has 2 aliphatic heterocycles. The Morgan fingerprint density at radius 3 is 1.84 bits per heavy atom. The first-order valence-corrected chi connectivity index (χ1v) is 6.37. The highest BCUT2D eigenvalue weighted by Crippen LogP contribution is 2.09. The Morgan fingerprint density at radius 2 is 1.58 bits per heavy atom. The molecule has 0 aromatic rings. The van der Waals surface area contributed by atoms with E-state index in [9.17, 15) is 4.79 Å². The highest BCUT2D eigenvalue weighted by Gasteiger charge is 2.22. The van der Waals surface area contributed by atoms with E-state index in [1.165, 1.54) is 6.92 Å². The maximum absolute atomic E-state index is 9.60. The van der Waals surface area contributed by atoms with E-state index in [2.05, 4.69) is 6.58 Å². The minimum Gasteiger partial charge on any atom is -0.478 e. The molecule has 0 amide bonds. The molecule has 2 heterocycles. The van der Waals surface area contributed by atoms with E-state index in [1.807, 2.05) is 0 Å². The molecular weight excluding hydrogens is 252 g/mol. The number of ether oxygens (including phenoxy) is 4. The normalized spacial score (nSPS) is 23.2. The molecule has 2 atom stereocenters. The van der Waals surface area contributed by atoms with Gasteiger partial charge in [0.15, 0.2) is 0 Å². The van der Waals surface area contributed by atoms with E-state index in [-0.39, 0.29) is 5.57 Å². The molecule has 19 heavy (non-hydrogen) atoms. The molecule has 1 N–H and O–H groups in total. The van der Waals surface area contributed by atoms with Gasteiger partial charge in [0.2, 0.25) is 0 Å². The lowest BCUT2D eigenvalue weighted by Crippen LogP contribution is -2.07. The van der Waals surface area contributed by atoms with Crippen molar-refractivity contribution >= 4 is 5.97 Å². The summed E-state index contributed by atoms with van der Waals surface area (Å²) < 4.78 is 20.7. The fourth-order valence-electron chi connectivity index (χ4n) is 1.02. The summed E-state index contributed by atoms with van der Waals surface area (Å²) in [5.74, 6) is -0.935. The Hall–Kier alpha value is -0.950. The molecule has 2 aliphatic rings. The standard InChI is InChI=1S/C9H16O4.C4H6O2/c1(2-10-4-8-6-12-8)3-11-5-9-7-13-9;1-3(2)4(5)6/h8-9H,1-7H2;1H2,2H3,(H,5,6). The lowest BCUT2D eigenvalue weighted by atomic mass is 10.4. The molecule has 0 aromatic carbocycles. The Labute approximate surface area is 113 Å². The van der Waals surface area contributed by atoms with Crippen LogP contribution in [0.5, 0.6) is 0 Å². The third-order valence-corrected chi connectivity index (χ3v) is 2.35. The SMILES string of the molecule is C(COCC1CO1)COCC1CO1.C=C(C)C(=O)O. The predicted molar refractivity (Wildman–Crippen MR) is 68.2 cm³/mol. The number of carboxylic acid groups (broad SMARTS) is 1. The van der Waals surface area contributed by atoms with E-state index in [0.717, 1.165) is 46.1 Å². The van der Waals surface area contributed by atoms with Gasteiger partial charge in [-0.05, 0) is 13.3 Å². The van der Waals surface area contributed by atoms with E-state index < -0.39 is 5.97 Å². The third kappa shape index (κ3) is 10.6. The van der Waals surface area contributed by atoms with E-state index in [4.69, 9.17) is 24.1 Å². The summed E-state index contributed by atoms with van der Waals surface area (Å²) in [6.07, 6.45) is 1.71.